The van der Waals surface area contributed by atoms with Crippen LogP contribution < -0.4 is 10.1 Å². The zero-order valence-electron chi connectivity index (χ0n) is 19.0. The van der Waals surface area contributed by atoms with Crippen molar-refractivity contribution in [1.82, 2.24) is 14.8 Å². The van der Waals surface area contributed by atoms with Gasteiger partial charge in [-0.2, -0.15) is 0 Å². The Morgan fingerprint density at radius 3 is 2.70 bits per heavy atom. The molecule has 0 bridgehead atoms. The van der Waals surface area contributed by atoms with Crippen LogP contribution in [-0.2, 0) is 11.2 Å². The van der Waals surface area contributed by atoms with E-state index in [1.807, 2.05) is 52.5 Å². The topological polar surface area (TPSA) is 78.3 Å². The van der Waals surface area contributed by atoms with Gasteiger partial charge in [-0.3, -0.25) is 0 Å². The summed E-state index contributed by atoms with van der Waals surface area (Å²) in [5.74, 6) is 1.72. The normalized spacial score (nSPS) is 10.9. The quantitative estimate of drug-likeness (QED) is 0.337. The molecule has 0 saturated heterocycles. The molecule has 4 rings (SSSR count). The van der Waals surface area contributed by atoms with Crippen LogP contribution in [0.4, 0.5) is 11.6 Å². The highest BCUT2D eigenvalue weighted by Crippen LogP contribution is 2.29. The lowest BCUT2D eigenvalue weighted by Crippen LogP contribution is -2.08. The van der Waals surface area contributed by atoms with Crippen LogP contribution in [0.5, 0.6) is 5.75 Å². The number of rotatable bonds is 8. The zero-order valence-corrected chi connectivity index (χ0v) is 19.8. The van der Waals surface area contributed by atoms with E-state index in [2.05, 4.69) is 24.1 Å². The van der Waals surface area contributed by atoms with Gasteiger partial charge in [0.05, 0.1) is 19.9 Å². The maximum Gasteiger partial charge on any atom is 0.341 e. The molecule has 0 radical (unpaired) electrons. The Labute approximate surface area is 197 Å². The van der Waals surface area contributed by atoms with Gasteiger partial charge in [0.2, 0.25) is 0 Å². The summed E-state index contributed by atoms with van der Waals surface area (Å²) in [7, 11) is 3.01. The van der Waals surface area contributed by atoms with Crippen LogP contribution in [0, 0.1) is 5.92 Å². The SMILES string of the molecule is COC(=O)c1cc(-c2cccs2)cnc1Nc1cc(CC(C)C)n(-c2cccc(OC)c2)n1. The van der Waals surface area contributed by atoms with E-state index >= 15 is 0 Å². The first-order valence-electron chi connectivity index (χ1n) is 10.6. The third-order valence-corrected chi connectivity index (χ3v) is 5.96. The van der Waals surface area contributed by atoms with E-state index in [1.165, 1.54) is 7.11 Å². The Balaban J connectivity index is 1.72. The molecule has 1 aromatic carbocycles. The van der Waals surface area contributed by atoms with Crippen molar-refractivity contribution in [1.29, 1.82) is 0 Å². The molecule has 0 aliphatic heterocycles. The van der Waals surface area contributed by atoms with Gasteiger partial charge in [-0.25, -0.2) is 14.5 Å². The van der Waals surface area contributed by atoms with Crippen molar-refractivity contribution in [3.8, 4) is 21.9 Å². The van der Waals surface area contributed by atoms with E-state index in [-0.39, 0.29) is 0 Å². The van der Waals surface area contributed by atoms with E-state index in [0.717, 1.165) is 34.0 Å². The number of ether oxygens (including phenoxy) is 2. The average Bonchev–Trinajstić information content (AvgIpc) is 3.49. The number of nitrogens with zero attached hydrogens (tertiary/aromatic N) is 3. The van der Waals surface area contributed by atoms with E-state index < -0.39 is 5.97 Å². The Kier molecular flexibility index (Phi) is 6.74. The van der Waals surface area contributed by atoms with Gasteiger partial charge in [0, 0.05) is 34.5 Å². The van der Waals surface area contributed by atoms with Crippen LogP contribution >= 0.6 is 11.3 Å². The minimum Gasteiger partial charge on any atom is -0.497 e. The van der Waals surface area contributed by atoms with Crippen LogP contribution in [0.3, 0.4) is 0 Å². The number of anilines is 2. The minimum absolute atomic E-state index is 0.352. The predicted octanol–water partition coefficient (Wildman–Crippen LogP) is 5.73. The van der Waals surface area contributed by atoms with Crippen molar-refractivity contribution in [2.75, 3.05) is 19.5 Å². The lowest BCUT2D eigenvalue weighted by molar-refractivity contribution is 0.0601. The van der Waals surface area contributed by atoms with Crippen molar-refractivity contribution < 1.29 is 14.3 Å². The molecule has 33 heavy (non-hydrogen) atoms. The fourth-order valence-electron chi connectivity index (χ4n) is 3.54. The molecule has 0 unspecified atom stereocenters. The minimum atomic E-state index is -0.460. The second-order valence-electron chi connectivity index (χ2n) is 7.95. The van der Waals surface area contributed by atoms with E-state index in [4.69, 9.17) is 14.6 Å². The lowest BCUT2D eigenvalue weighted by Gasteiger charge is -2.10. The summed E-state index contributed by atoms with van der Waals surface area (Å²) in [6, 6.07) is 15.5. The van der Waals surface area contributed by atoms with Crippen LogP contribution in [0.2, 0.25) is 0 Å². The standard InChI is InChI=1S/C25H26N4O3S/c1-16(2)11-19-14-23(28-29(19)18-7-5-8-20(13-18)31-3)27-24-21(25(30)32-4)12-17(15-26-24)22-9-6-10-33-22/h5-10,12-16H,11H2,1-4H3,(H,26,27,28). The number of carbonyl (C=O) groups is 1. The summed E-state index contributed by atoms with van der Waals surface area (Å²) in [5, 5.41) is 9.97. The summed E-state index contributed by atoms with van der Waals surface area (Å²) in [4.78, 5) is 18.1. The first-order chi connectivity index (χ1) is 16.0. The van der Waals surface area contributed by atoms with Crippen LogP contribution in [0.25, 0.3) is 16.1 Å². The van der Waals surface area contributed by atoms with Crippen LogP contribution in [0.15, 0.2) is 60.1 Å². The number of hydrogen-bond acceptors (Lipinski definition) is 7. The molecular weight excluding hydrogens is 436 g/mol. The largest absolute Gasteiger partial charge is 0.497 e. The van der Waals surface area contributed by atoms with Crippen LogP contribution in [-0.4, -0.2) is 35.0 Å². The molecule has 0 aliphatic rings. The van der Waals surface area contributed by atoms with E-state index in [0.29, 0.717) is 23.1 Å². The third kappa shape index (κ3) is 5.06. The van der Waals surface area contributed by atoms with Gasteiger partial charge in [0.15, 0.2) is 5.82 Å². The summed E-state index contributed by atoms with van der Waals surface area (Å²) in [5.41, 5.74) is 3.14. The summed E-state index contributed by atoms with van der Waals surface area (Å²) < 4.78 is 12.3. The number of nitrogens with one attached hydrogen (secondary N) is 1. The molecule has 3 aromatic heterocycles. The van der Waals surface area contributed by atoms with Crippen molar-refractivity contribution in [3.63, 3.8) is 0 Å². The molecule has 1 N–H and O–H groups in total. The third-order valence-electron chi connectivity index (χ3n) is 5.04. The summed E-state index contributed by atoms with van der Waals surface area (Å²) >= 11 is 1.59. The van der Waals surface area contributed by atoms with Crippen molar-refractivity contribution >= 4 is 28.9 Å². The monoisotopic (exact) mass is 462 g/mol. The molecule has 0 atom stereocenters. The van der Waals surface area contributed by atoms with Gasteiger partial charge < -0.3 is 14.8 Å². The van der Waals surface area contributed by atoms with Gasteiger partial charge in [-0.15, -0.1) is 16.4 Å². The molecule has 0 spiro atoms. The zero-order chi connectivity index (χ0) is 23.4. The summed E-state index contributed by atoms with van der Waals surface area (Å²) in [6.07, 6.45) is 2.58. The van der Waals surface area contributed by atoms with Gasteiger partial charge in [-0.05, 0) is 42.0 Å². The van der Waals surface area contributed by atoms with Crippen molar-refractivity contribution in [2.45, 2.75) is 20.3 Å². The van der Waals surface area contributed by atoms with E-state index in [1.54, 1.807) is 30.7 Å². The molecule has 4 aromatic rings. The molecular formula is C25H26N4O3S. The molecule has 0 fully saturated rings. The maximum absolute atomic E-state index is 12.5. The highest BCUT2D eigenvalue weighted by molar-refractivity contribution is 7.13. The van der Waals surface area contributed by atoms with Crippen LogP contribution in [0.1, 0.15) is 29.9 Å². The highest BCUT2D eigenvalue weighted by atomic mass is 32.1. The molecule has 3 heterocycles. The number of methoxy groups -OCH3 is 2. The number of benzene rings is 1. The molecule has 170 valence electrons. The molecule has 8 heteroatoms. The first-order valence-corrected chi connectivity index (χ1v) is 11.5. The molecule has 7 nitrogen and oxygen atoms in total. The average molecular weight is 463 g/mol. The molecule has 0 aliphatic carbocycles. The lowest BCUT2D eigenvalue weighted by atomic mass is 10.1. The summed E-state index contributed by atoms with van der Waals surface area (Å²) in [6.45, 7) is 4.33. The number of carbonyl (C=O) groups excluding carboxylic acids is 1. The second-order valence-corrected chi connectivity index (χ2v) is 8.89. The highest BCUT2D eigenvalue weighted by Gasteiger charge is 2.18. The Morgan fingerprint density at radius 2 is 2.00 bits per heavy atom. The van der Waals surface area contributed by atoms with Crippen molar-refractivity contribution in [2.24, 2.45) is 5.92 Å². The van der Waals surface area contributed by atoms with Gasteiger partial charge >= 0.3 is 5.97 Å². The van der Waals surface area contributed by atoms with Gasteiger partial charge in [0.1, 0.15) is 17.1 Å². The smallest absolute Gasteiger partial charge is 0.341 e. The second kappa shape index (κ2) is 9.87. The molecule has 0 amide bonds. The fourth-order valence-corrected chi connectivity index (χ4v) is 4.25. The Bertz CT molecular complexity index is 1250. The van der Waals surface area contributed by atoms with Gasteiger partial charge in [-0.1, -0.05) is 26.0 Å². The number of aromatic nitrogens is 3. The Morgan fingerprint density at radius 1 is 1.15 bits per heavy atom. The number of thiophene rings is 1. The maximum atomic E-state index is 12.5. The van der Waals surface area contributed by atoms with E-state index in [9.17, 15) is 4.79 Å². The van der Waals surface area contributed by atoms with Gasteiger partial charge in [0.25, 0.3) is 0 Å². The number of hydrogen-bond donors (Lipinski definition) is 1. The molecule has 0 saturated carbocycles. The number of pyridine rings is 1. The Hall–Kier alpha value is -3.65. The predicted molar refractivity (Wildman–Crippen MR) is 131 cm³/mol. The van der Waals surface area contributed by atoms with Crippen molar-refractivity contribution in [3.05, 3.63) is 71.4 Å². The number of esters is 1. The fraction of sp³-hybridized carbons (Fsp3) is 0.240. The first kappa shape index (κ1) is 22.5.